The first kappa shape index (κ1) is 22.3. The fourth-order valence-corrected chi connectivity index (χ4v) is 4.06. The van der Waals surface area contributed by atoms with Gasteiger partial charge in [-0.1, -0.05) is 30.3 Å². The van der Waals surface area contributed by atoms with Crippen LogP contribution in [0.15, 0.2) is 77.6 Å². The molecule has 1 aliphatic heterocycles. The molecule has 3 aromatic carbocycles. The number of carbonyl (C=O) groups excluding carboxylic acids is 2. The molecular weight excluding hydrogens is 451 g/mol. The maximum Gasteiger partial charge on any atom is 0.272 e. The number of carbonyl (C=O) groups is 2. The highest BCUT2D eigenvalue weighted by Gasteiger charge is 2.27. The highest BCUT2D eigenvalue weighted by molar-refractivity contribution is 5.96. The zero-order chi connectivity index (χ0) is 24.4. The molecule has 1 saturated heterocycles. The standard InChI is InChI=1S/C26H21FN4O4/c27-22-11-10-18(35-24-20-9-5-4-8-19(20)23(32)28-29-24)16-21(22)26(34)31-14-12-30(13-15-31)25(33)17-6-2-1-3-7-17/h1-11,16H,12-15H2,(H,28,32). The Labute approximate surface area is 199 Å². The normalized spacial score (nSPS) is 13.6. The Bertz CT molecular complexity index is 1460. The van der Waals surface area contributed by atoms with Crippen molar-refractivity contribution in [1.29, 1.82) is 0 Å². The van der Waals surface area contributed by atoms with E-state index in [9.17, 15) is 18.8 Å². The van der Waals surface area contributed by atoms with Crippen LogP contribution in [0.1, 0.15) is 20.7 Å². The van der Waals surface area contributed by atoms with Crippen LogP contribution in [0.3, 0.4) is 0 Å². The molecule has 0 spiro atoms. The maximum atomic E-state index is 14.6. The highest BCUT2D eigenvalue weighted by Crippen LogP contribution is 2.27. The second-order valence-electron chi connectivity index (χ2n) is 8.10. The molecule has 1 aromatic heterocycles. The number of aromatic amines is 1. The van der Waals surface area contributed by atoms with Crippen molar-refractivity contribution < 1.29 is 18.7 Å². The summed E-state index contributed by atoms with van der Waals surface area (Å²) >= 11 is 0. The molecule has 2 heterocycles. The number of nitrogens with zero attached hydrogens (tertiary/aromatic N) is 3. The molecular formula is C26H21FN4O4. The van der Waals surface area contributed by atoms with Gasteiger partial charge in [-0.3, -0.25) is 14.4 Å². The summed E-state index contributed by atoms with van der Waals surface area (Å²) in [5.41, 5.74) is 0.0958. The van der Waals surface area contributed by atoms with Gasteiger partial charge < -0.3 is 14.5 Å². The molecule has 0 bridgehead atoms. The lowest BCUT2D eigenvalue weighted by molar-refractivity contribution is 0.0532. The van der Waals surface area contributed by atoms with Gasteiger partial charge in [0.2, 0.25) is 5.88 Å². The van der Waals surface area contributed by atoms with Crippen LogP contribution in [-0.2, 0) is 0 Å². The molecule has 35 heavy (non-hydrogen) atoms. The average Bonchev–Trinajstić information content (AvgIpc) is 2.91. The molecule has 1 fully saturated rings. The minimum Gasteiger partial charge on any atom is -0.437 e. The predicted molar refractivity (Wildman–Crippen MR) is 127 cm³/mol. The average molecular weight is 472 g/mol. The molecule has 0 unspecified atom stereocenters. The van der Waals surface area contributed by atoms with E-state index in [0.717, 1.165) is 6.07 Å². The third kappa shape index (κ3) is 4.48. The van der Waals surface area contributed by atoms with E-state index in [1.165, 1.54) is 17.0 Å². The maximum absolute atomic E-state index is 14.6. The number of piperazine rings is 1. The lowest BCUT2D eigenvalue weighted by Gasteiger charge is -2.35. The van der Waals surface area contributed by atoms with E-state index < -0.39 is 11.7 Å². The van der Waals surface area contributed by atoms with Crippen molar-refractivity contribution in [1.82, 2.24) is 20.0 Å². The van der Waals surface area contributed by atoms with Crippen molar-refractivity contribution in [3.05, 3.63) is 100 Å². The van der Waals surface area contributed by atoms with Crippen molar-refractivity contribution in [3.8, 4) is 11.6 Å². The Morgan fingerprint density at radius 2 is 1.46 bits per heavy atom. The topological polar surface area (TPSA) is 95.6 Å². The summed E-state index contributed by atoms with van der Waals surface area (Å²) < 4.78 is 20.4. The van der Waals surface area contributed by atoms with Crippen molar-refractivity contribution in [2.24, 2.45) is 0 Å². The third-order valence-electron chi connectivity index (χ3n) is 5.92. The van der Waals surface area contributed by atoms with Crippen LogP contribution >= 0.6 is 0 Å². The highest BCUT2D eigenvalue weighted by atomic mass is 19.1. The largest absolute Gasteiger partial charge is 0.437 e. The van der Waals surface area contributed by atoms with Gasteiger partial charge >= 0.3 is 0 Å². The van der Waals surface area contributed by atoms with Crippen molar-refractivity contribution in [3.63, 3.8) is 0 Å². The van der Waals surface area contributed by atoms with Gasteiger partial charge in [0, 0.05) is 31.7 Å². The molecule has 176 valence electrons. The molecule has 8 nitrogen and oxygen atoms in total. The molecule has 0 radical (unpaired) electrons. The Balaban J connectivity index is 1.32. The molecule has 2 amide bonds. The van der Waals surface area contributed by atoms with E-state index in [1.807, 2.05) is 6.07 Å². The SMILES string of the molecule is O=C(c1ccccc1)N1CCN(C(=O)c2cc(Oc3n[nH]c(=O)c4ccccc34)ccc2F)CC1. The fourth-order valence-electron chi connectivity index (χ4n) is 4.06. The van der Waals surface area contributed by atoms with Crippen LogP contribution in [0, 0.1) is 5.82 Å². The lowest BCUT2D eigenvalue weighted by atomic mass is 10.1. The van der Waals surface area contributed by atoms with E-state index >= 15 is 0 Å². The minimum atomic E-state index is -0.676. The van der Waals surface area contributed by atoms with Crippen LogP contribution < -0.4 is 10.3 Å². The molecule has 0 atom stereocenters. The second-order valence-corrected chi connectivity index (χ2v) is 8.10. The van der Waals surface area contributed by atoms with Crippen LogP contribution in [-0.4, -0.2) is 58.0 Å². The van der Waals surface area contributed by atoms with Gasteiger partial charge in [-0.2, -0.15) is 0 Å². The first-order valence-electron chi connectivity index (χ1n) is 11.1. The summed E-state index contributed by atoms with van der Waals surface area (Å²) in [4.78, 5) is 40.9. The summed E-state index contributed by atoms with van der Waals surface area (Å²) in [6.07, 6.45) is 0. The van der Waals surface area contributed by atoms with Gasteiger partial charge in [-0.25, -0.2) is 9.49 Å². The number of hydrogen-bond acceptors (Lipinski definition) is 5. The van der Waals surface area contributed by atoms with Crippen LogP contribution in [0.5, 0.6) is 11.6 Å². The molecule has 4 aromatic rings. The number of halogens is 1. The van der Waals surface area contributed by atoms with Crippen molar-refractivity contribution >= 4 is 22.6 Å². The number of ether oxygens (including phenoxy) is 1. The van der Waals surface area contributed by atoms with Crippen LogP contribution in [0.25, 0.3) is 10.8 Å². The summed E-state index contributed by atoms with van der Waals surface area (Å²) in [7, 11) is 0. The Morgan fingerprint density at radius 3 is 2.17 bits per heavy atom. The molecule has 0 aliphatic carbocycles. The quantitative estimate of drug-likeness (QED) is 0.491. The van der Waals surface area contributed by atoms with Gasteiger partial charge in [0.25, 0.3) is 17.4 Å². The van der Waals surface area contributed by atoms with Gasteiger partial charge in [-0.15, -0.1) is 5.10 Å². The molecule has 1 aliphatic rings. The van der Waals surface area contributed by atoms with E-state index in [1.54, 1.807) is 53.4 Å². The monoisotopic (exact) mass is 472 g/mol. The van der Waals surface area contributed by atoms with Crippen LogP contribution in [0.4, 0.5) is 4.39 Å². The first-order chi connectivity index (χ1) is 17.0. The number of benzene rings is 3. The number of H-pyrrole nitrogens is 1. The third-order valence-corrected chi connectivity index (χ3v) is 5.92. The van der Waals surface area contributed by atoms with E-state index in [2.05, 4.69) is 10.2 Å². The predicted octanol–water partition coefficient (Wildman–Crippen LogP) is 3.45. The van der Waals surface area contributed by atoms with E-state index in [4.69, 9.17) is 4.74 Å². The summed E-state index contributed by atoms with van der Waals surface area (Å²) in [6.45, 7) is 1.28. The number of aromatic nitrogens is 2. The zero-order valence-corrected chi connectivity index (χ0v) is 18.6. The Hall–Kier alpha value is -4.53. The Kier molecular flexibility index (Phi) is 5.97. The molecule has 5 rings (SSSR count). The van der Waals surface area contributed by atoms with Crippen molar-refractivity contribution in [2.45, 2.75) is 0 Å². The smallest absolute Gasteiger partial charge is 0.272 e. The molecule has 1 N–H and O–H groups in total. The number of amides is 2. The fraction of sp³-hybridized carbons (Fsp3) is 0.154. The number of rotatable bonds is 4. The Morgan fingerprint density at radius 1 is 0.829 bits per heavy atom. The van der Waals surface area contributed by atoms with Crippen LogP contribution in [0.2, 0.25) is 0 Å². The van der Waals surface area contributed by atoms with Gasteiger partial charge in [0.1, 0.15) is 11.6 Å². The molecule has 0 saturated carbocycles. The molecule has 9 heteroatoms. The summed E-state index contributed by atoms with van der Waals surface area (Å²) in [5, 5.41) is 7.22. The number of fused-ring (bicyclic) bond motifs is 1. The van der Waals surface area contributed by atoms with Gasteiger partial charge in [0.15, 0.2) is 0 Å². The summed E-state index contributed by atoms with van der Waals surface area (Å²) in [5.74, 6) is -0.918. The van der Waals surface area contributed by atoms with Gasteiger partial charge in [-0.05, 0) is 42.5 Å². The van der Waals surface area contributed by atoms with Gasteiger partial charge in [0.05, 0.1) is 16.3 Å². The zero-order valence-electron chi connectivity index (χ0n) is 18.6. The summed E-state index contributed by atoms with van der Waals surface area (Å²) in [6, 6.07) is 19.6. The van der Waals surface area contributed by atoms with Crippen molar-refractivity contribution in [2.75, 3.05) is 26.2 Å². The number of nitrogens with one attached hydrogen (secondary N) is 1. The minimum absolute atomic E-state index is 0.0973. The lowest BCUT2D eigenvalue weighted by Crippen LogP contribution is -2.50. The second kappa shape index (κ2) is 9.38. The first-order valence-corrected chi connectivity index (χ1v) is 11.1. The van der Waals surface area contributed by atoms with E-state index in [-0.39, 0.29) is 41.7 Å². The van der Waals surface area contributed by atoms with E-state index in [0.29, 0.717) is 29.4 Å². The number of hydrogen-bond donors (Lipinski definition) is 1.